The quantitative estimate of drug-likeness (QED) is 0.694. The molecule has 0 heterocycles. The molecule has 2 rings (SSSR count). The van der Waals surface area contributed by atoms with E-state index in [1.54, 1.807) is 7.11 Å². The molecule has 0 saturated carbocycles. The highest BCUT2D eigenvalue weighted by Gasteiger charge is 2.01. The Hall–Kier alpha value is -1.34. The summed E-state index contributed by atoms with van der Waals surface area (Å²) in [5.74, 6) is 0. The smallest absolute Gasteiger partial charge is 0.0715 e. The van der Waals surface area contributed by atoms with Gasteiger partial charge in [-0.1, -0.05) is 64.1 Å². The zero-order valence-corrected chi connectivity index (χ0v) is 12.6. The minimum absolute atomic E-state index is 0.691. The van der Waals surface area contributed by atoms with E-state index in [1.165, 1.54) is 21.9 Å². The summed E-state index contributed by atoms with van der Waals surface area (Å²) in [5.41, 5.74) is 2.59. The molecule has 0 N–H and O–H groups in total. The largest absolute Gasteiger partial charge is 0.380 e. The molecule has 100 valence electrons. The first-order chi connectivity index (χ1) is 8.83. The molecule has 0 aliphatic carbocycles. The van der Waals surface area contributed by atoms with Gasteiger partial charge in [-0.15, -0.1) is 0 Å². The second kappa shape index (κ2) is 9.67. The van der Waals surface area contributed by atoms with Crippen LogP contribution in [0, 0.1) is 6.92 Å². The average molecular weight is 246 g/mol. The summed E-state index contributed by atoms with van der Waals surface area (Å²) >= 11 is 0. The number of methoxy groups -OCH3 is 1. The Morgan fingerprint density at radius 2 is 1.50 bits per heavy atom. The molecular formula is C17H26O. The third kappa shape index (κ3) is 4.15. The van der Waals surface area contributed by atoms with Gasteiger partial charge in [0.15, 0.2) is 0 Å². The second-order valence-corrected chi connectivity index (χ2v) is 3.50. The lowest BCUT2D eigenvalue weighted by molar-refractivity contribution is 0.184. The minimum atomic E-state index is 0.691. The Labute approximate surface area is 112 Å². The van der Waals surface area contributed by atoms with Gasteiger partial charge in [0, 0.05) is 7.11 Å². The Balaban J connectivity index is 0.000000659. The molecule has 0 unspecified atom stereocenters. The fourth-order valence-electron chi connectivity index (χ4n) is 1.78. The first-order valence-electron chi connectivity index (χ1n) is 6.79. The van der Waals surface area contributed by atoms with E-state index in [9.17, 15) is 0 Å². The van der Waals surface area contributed by atoms with Crippen molar-refractivity contribution >= 4 is 10.8 Å². The first-order valence-corrected chi connectivity index (χ1v) is 6.79. The van der Waals surface area contributed by atoms with Crippen molar-refractivity contribution in [1.82, 2.24) is 0 Å². The van der Waals surface area contributed by atoms with Crippen LogP contribution in [0.25, 0.3) is 10.8 Å². The van der Waals surface area contributed by atoms with Gasteiger partial charge in [-0.05, 0) is 28.8 Å². The Bertz CT molecular complexity index is 446. The number of rotatable bonds is 2. The lowest BCUT2D eigenvalue weighted by atomic mass is 10.0. The van der Waals surface area contributed by atoms with E-state index in [4.69, 9.17) is 4.74 Å². The molecule has 2 aromatic rings. The van der Waals surface area contributed by atoms with E-state index >= 15 is 0 Å². The summed E-state index contributed by atoms with van der Waals surface area (Å²) in [6.07, 6.45) is 0. The lowest BCUT2D eigenvalue weighted by Crippen LogP contribution is -1.92. The zero-order valence-electron chi connectivity index (χ0n) is 12.6. The number of fused-ring (bicyclic) bond motifs is 1. The third-order valence-electron chi connectivity index (χ3n) is 2.61. The monoisotopic (exact) mass is 246 g/mol. The normalized spacial score (nSPS) is 9.00. The number of hydrogen-bond donors (Lipinski definition) is 0. The highest BCUT2D eigenvalue weighted by Crippen LogP contribution is 2.21. The second-order valence-electron chi connectivity index (χ2n) is 3.50. The molecule has 0 bridgehead atoms. The number of ether oxygens (including phenoxy) is 1. The Morgan fingerprint density at radius 1 is 0.889 bits per heavy atom. The molecule has 0 saturated heterocycles. The zero-order chi connectivity index (χ0) is 14.0. The molecule has 0 aliphatic heterocycles. The third-order valence-corrected chi connectivity index (χ3v) is 2.61. The number of benzene rings is 2. The van der Waals surface area contributed by atoms with Gasteiger partial charge in [-0.2, -0.15) is 0 Å². The maximum atomic E-state index is 5.16. The Kier molecular flexibility index (Phi) is 8.95. The topological polar surface area (TPSA) is 9.23 Å². The van der Waals surface area contributed by atoms with E-state index in [0.717, 1.165) is 0 Å². The highest BCUT2D eigenvalue weighted by atomic mass is 16.5. The van der Waals surface area contributed by atoms with Crippen molar-refractivity contribution in [3.8, 4) is 0 Å². The van der Waals surface area contributed by atoms with Gasteiger partial charge in [0.25, 0.3) is 0 Å². The fourth-order valence-corrected chi connectivity index (χ4v) is 1.78. The summed E-state index contributed by atoms with van der Waals surface area (Å²) in [4.78, 5) is 0. The van der Waals surface area contributed by atoms with Gasteiger partial charge in [0.1, 0.15) is 0 Å². The Morgan fingerprint density at radius 3 is 2.11 bits per heavy atom. The molecule has 0 spiro atoms. The SMILES string of the molecule is CC.CC.COCc1ccc2ccccc2c1C. The van der Waals surface area contributed by atoms with E-state index in [-0.39, 0.29) is 0 Å². The molecule has 18 heavy (non-hydrogen) atoms. The standard InChI is InChI=1S/C13H14O.2C2H6/c1-10-12(9-14-2)8-7-11-5-3-4-6-13(10)11;2*1-2/h3-8H,9H2,1-2H3;2*1-2H3. The van der Waals surface area contributed by atoms with Gasteiger partial charge in [0.2, 0.25) is 0 Å². The van der Waals surface area contributed by atoms with Crippen LogP contribution in [0.2, 0.25) is 0 Å². The van der Waals surface area contributed by atoms with Crippen molar-refractivity contribution in [2.75, 3.05) is 7.11 Å². The number of aryl methyl sites for hydroxylation is 1. The van der Waals surface area contributed by atoms with Crippen molar-refractivity contribution in [3.05, 3.63) is 47.5 Å². The molecule has 0 atom stereocenters. The number of hydrogen-bond acceptors (Lipinski definition) is 1. The van der Waals surface area contributed by atoms with Crippen LogP contribution in [0.1, 0.15) is 38.8 Å². The van der Waals surface area contributed by atoms with E-state index < -0.39 is 0 Å². The van der Waals surface area contributed by atoms with Crippen LogP contribution in [0.5, 0.6) is 0 Å². The van der Waals surface area contributed by atoms with Crippen molar-refractivity contribution < 1.29 is 4.74 Å². The summed E-state index contributed by atoms with van der Waals surface area (Å²) in [5, 5.41) is 2.62. The molecule has 1 heteroatoms. The molecule has 0 amide bonds. The predicted octanol–water partition coefficient (Wildman–Crippen LogP) is 5.35. The lowest BCUT2D eigenvalue weighted by Gasteiger charge is -2.08. The molecule has 1 nitrogen and oxygen atoms in total. The van der Waals surface area contributed by atoms with Crippen LogP contribution in [-0.4, -0.2) is 7.11 Å². The highest BCUT2D eigenvalue weighted by molar-refractivity contribution is 5.86. The molecule has 0 aromatic heterocycles. The molecule has 0 aliphatic rings. The van der Waals surface area contributed by atoms with E-state index in [2.05, 4.69) is 43.3 Å². The summed E-state index contributed by atoms with van der Waals surface area (Å²) in [6.45, 7) is 10.8. The van der Waals surface area contributed by atoms with Crippen LogP contribution in [0.3, 0.4) is 0 Å². The maximum Gasteiger partial charge on any atom is 0.0715 e. The van der Waals surface area contributed by atoms with Crippen LogP contribution < -0.4 is 0 Å². The summed E-state index contributed by atoms with van der Waals surface area (Å²) in [7, 11) is 1.73. The van der Waals surface area contributed by atoms with E-state index in [1.807, 2.05) is 27.7 Å². The van der Waals surface area contributed by atoms with Crippen molar-refractivity contribution in [1.29, 1.82) is 0 Å². The van der Waals surface area contributed by atoms with Crippen LogP contribution in [0.4, 0.5) is 0 Å². The molecule has 0 radical (unpaired) electrons. The fraction of sp³-hybridized carbons (Fsp3) is 0.412. The average Bonchev–Trinajstić information content (AvgIpc) is 2.47. The molecular weight excluding hydrogens is 220 g/mol. The van der Waals surface area contributed by atoms with Crippen molar-refractivity contribution in [2.24, 2.45) is 0 Å². The van der Waals surface area contributed by atoms with Gasteiger partial charge in [0.05, 0.1) is 6.61 Å². The maximum absolute atomic E-state index is 5.16. The predicted molar refractivity (Wildman–Crippen MR) is 82.1 cm³/mol. The van der Waals surface area contributed by atoms with Gasteiger partial charge >= 0.3 is 0 Å². The van der Waals surface area contributed by atoms with Crippen molar-refractivity contribution in [3.63, 3.8) is 0 Å². The van der Waals surface area contributed by atoms with Crippen LogP contribution >= 0.6 is 0 Å². The first kappa shape index (κ1) is 16.7. The van der Waals surface area contributed by atoms with Crippen molar-refractivity contribution in [2.45, 2.75) is 41.2 Å². The van der Waals surface area contributed by atoms with Gasteiger partial charge < -0.3 is 4.74 Å². The molecule has 0 fully saturated rings. The van der Waals surface area contributed by atoms with Crippen LogP contribution in [0.15, 0.2) is 36.4 Å². The summed E-state index contributed by atoms with van der Waals surface area (Å²) < 4.78 is 5.16. The molecule has 2 aromatic carbocycles. The van der Waals surface area contributed by atoms with Crippen LogP contribution in [-0.2, 0) is 11.3 Å². The van der Waals surface area contributed by atoms with Gasteiger partial charge in [-0.25, -0.2) is 0 Å². The summed E-state index contributed by atoms with van der Waals surface area (Å²) in [6, 6.07) is 12.7. The van der Waals surface area contributed by atoms with Gasteiger partial charge in [-0.3, -0.25) is 0 Å². The van der Waals surface area contributed by atoms with E-state index in [0.29, 0.717) is 6.61 Å². The minimum Gasteiger partial charge on any atom is -0.380 e.